The number of hydrogen-bond donors (Lipinski definition) is 0. The second-order valence-electron chi connectivity index (χ2n) is 6.68. The van der Waals surface area contributed by atoms with Gasteiger partial charge in [-0.25, -0.2) is 0 Å². The van der Waals surface area contributed by atoms with Gasteiger partial charge < -0.3 is 0 Å². The summed E-state index contributed by atoms with van der Waals surface area (Å²) < 4.78 is 3.24. The van der Waals surface area contributed by atoms with E-state index in [2.05, 4.69) is 15.1 Å². The molecule has 2 heterocycles. The molecule has 6 nitrogen and oxygen atoms in total. The van der Waals surface area contributed by atoms with E-state index in [4.69, 9.17) is 11.6 Å². The quantitative estimate of drug-likeness (QED) is 0.262. The summed E-state index contributed by atoms with van der Waals surface area (Å²) in [6.45, 7) is 0. The van der Waals surface area contributed by atoms with Crippen molar-refractivity contribution in [1.29, 1.82) is 0 Å². The van der Waals surface area contributed by atoms with E-state index in [1.54, 1.807) is 48.5 Å². The maximum atomic E-state index is 13.2. The SMILES string of the molecule is O=C(N=c1[se]c(C(=O)c2nc3ccccc3s2)nn1-c1ccc(Cl)cc1)c1ccccc1. The van der Waals surface area contributed by atoms with Crippen LogP contribution in [0.5, 0.6) is 0 Å². The first-order valence-electron chi connectivity index (χ1n) is 9.49. The first-order valence-corrected chi connectivity index (χ1v) is 12.4. The zero-order chi connectivity index (χ0) is 22.1. The Morgan fingerprint density at radius 1 is 0.938 bits per heavy atom. The van der Waals surface area contributed by atoms with Gasteiger partial charge >= 0.3 is 198 Å². The third-order valence-electron chi connectivity index (χ3n) is 4.53. The molecule has 0 aliphatic carbocycles. The molecule has 5 rings (SSSR count). The van der Waals surface area contributed by atoms with Gasteiger partial charge in [-0.1, -0.05) is 0 Å². The van der Waals surface area contributed by atoms with Gasteiger partial charge in [0, 0.05) is 0 Å². The Kier molecular flexibility index (Phi) is 5.68. The minimum absolute atomic E-state index is 0.248. The summed E-state index contributed by atoms with van der Waals surface area (Å²) in [6.07, 6.45) is 0. The Morgan fingerprint density at radius 3 is 2.41 bits per heavy atom. The van der Waals surface area contributed by atoms with E-state index in [-0.39, 0.29) is 11.7 Å². The Bertz CT molecular complexity index is 1490. The number of carbonyl (C=O) groups is 2. The molecule has 0 aliphatic heterocycles. The second kappa shape index (κ2) is 8.76. The number of para-hydroxylation sites is 1. The van der Waals surface area contributed by atoms with Crippen LogP contribution in [0.3, 0.4) is 0 Å². The minimum atomic E-state index is -0.570. The number of hydrogen-bond acceptors (Lipinski definition) is 5. The Morgan fingerprint density at radius 2 is 1.66 bits per heavy atom. The second-order valence-corrected chi connectivity index (χ2v) is 10.1. The van der Waals surface area contributed by atoms with E-state index in [1.165, 1.54) is 16.0 Å². The van der Waals surface area contributed by atoms with E-state index in [0.717, 1.165) is 10.2 Å². The molecule has 0 atom stereocenters. The number of nitrogens with zero attached hydrogens (tertiary/aromatic N) is 4. The van der Waals surface area contributed by atoms with E-state index in [9.17, 15) is 9.59 Å². The third kappa shape index (κ3) is 4.13. The normalized spacial score (nSPS) is 11.7. The van der Waals surface area contributed by atoms with Crippen molar-refractivity contribution in [2.75, 3.05) is 0 Å². The summed E-state index contributed by atoms with van der Waals surface area (Å²) >= 11 is 6.78. The van der Waals surface area contributed by atoms with Crippen molar-refractivity contribution in [2.24, 2.45) is 4.99 Å². The maximum absolute atomic E-state index is 13.2. The molecular weight excluding hydrogens is 511 g/mol. The topological polar surface area (TPSA) is 77.2 Å². The van der Waals surface area contributed by atoms with Crippen LogP contribution in [0.1, 0.15) is 24.7 Å². The zero-order valence-corrected chi connectivity index (χ0v) is 19.6. The molecule has 1 amide bonds. The molecule has 9 heteroatoms. The van der Waals surface area contributed by atoms with Gasteiger partial charge in [-0.3, -0.25) is 0 Å². The monoisotopic (exact) mass is 524 g/mol. The van der Waals surface area contributed by atoms with Crippen LogP contribution in [0.2, 0.25) is 5.02 Å². The van der Waals surface area contributed by atoms with Crippen LogP contribution in [-0.2, 0) is 0 Å². The molecule has 0 radical (unpaired) electrons. The molecule has 0 saturated carbocycles. The Hall–Kier alpha value is -3.16. The molecule has 0 saturated heterocycles. The van der Waals surface area contributed by atoms with Crippen LogP contribution < -0.4 is 4.36 Å². The number of benzene rings is 3. The standard InChI is InChI=1S/C23H13ClN4O2SSe/c24-15-10-12-16(13-11-15)28-23(26-20(30)14-6-2-1-3-7-14)32-22(27-28)19(29)21-25-17-8-4-5-9-18(17)31-21/h1-13H. The fourth-order valence-corrected chi connectivity index (χ4v) is 5.94. The van der Waals surface area contributed by atoms with Gasteiger partial charge in [-0.2, -0.15) is 0 Å². The van der Waals surface area contributed by atoms with Crippen molar-refractivity contribution in [3.8, 4) is 5.69 Å². The first-order chi connectivity index (χ1) is 15.6. The Balaban J connectivity index is 1.62. The number of carbonyl (C=O) groups excluding carboxylic acids is 2. The molecule has 0 fully saturated rings. The number of amides is 1. The van der Waals surface area contributed by atoms with Crippen LogP contribution >= 0.6 is 22.9 Å². The van der Waals surface area contributed by atoms with E-state index in [0.29, 0.717) is 30.2 Å². The summed E-state index contributed by atoms with van der Waals surface area (Å²) in [6, 6.07) is 23.4. The summed E-state index contributed by atoms with van der Waals surface area (Å²) in [7, 11) is 0. The average molecular weight is 524 g/mol. The summed E-state index contributed by atoms with van der Waals surface area (Å²) in [4.78, 5) is 34.7. The number of ketones is 1. The summed E-state index contributed by atoms with van der Waals surface area (Å²) in [5, 5.41) is 5.48. The van der Waals surface area contributed by atoms with E-state index in [1.807, 2.05) is 30.3 Å². The van der Waals surface area contributed by atoms with E-state index < -0.39 is 14.5 Å². The molecule has 156 valence electrons. The number of aromatic nitrogens is 3. The molecule has 0 bridgehead atoms. The van der Waals surface area contributed by atoms with Gasteiger partial charge in [-0.15, -0.1) is 0 Å². The van der Waals surface area contributed by atoms with Crippen molar-refractivity contribution < 1.29 is 9.59 Å². The predicted molar refractivity (Wildman–Crippen MR) is 125 cm³/mol. The van der Waals surface area contributed by atoms with Crippen molar-refractivity contribution >= 4 is 59.3 Å². The van der Waals surface area contributed by atoms with Gasteiger partial charge in [-0.05, 0) is 0 Å². The van der Waals surface area contributed by atoms with Crippen LogP contribution in [-0.4, -0.2) is 41.0 Å². The molecule has 3 aromatic carbocycles. The van der Waals surface area contributed by atoms with Gasteiger partial charge in [0.15, 0.2) is 0 Å². The average Bonchev–Trinajstić information content (AvgIpc) is 3.44. The fourth-order valence-electron chi connectivity index (χ4n) is 2.99. The van der Waals surface area contributed by atoms with Gasteiger partial charge in [0.05, 0.1) is 0 Å². The van der Waals surface area contributed by atoms with Gasteiger partial charge in [0.1, 0.15) is 0 Å². The third-order valence-corrected chi connectivity index (χ3v) is 7.72. The van der Waals surface area contributed by atoms with Crippen LogP contribution in [0.25, 0.3) is 15.9 Å². The molecule has 2 aromatic heterocycles. The molecule has 32 heavy (non-hydrogen) atoms. The summed E-state index contributed by atoms with van der Waals surface area (Å²) in [5.74, 6) is -0.632. The summed E-state index contributed by atoms with van der Waals surface area (Å²) in [5.41, 5.74) is 1.91. The van der Waals surface area contributed by atoms with Crippen LogP contribution in [0, 0.1) is 0 Å². The molecule has 5 aromatic rings. The van der Waals surface area contributed by atoms with Crippen LogP contribution in [0.15, 0.2) is 83.9 Å². The molecule has 0 spiro atoms. The fraction of sp³-hybridized carbons (Fsp3) is 0. The van der Waals surface area contributed by atoms with Crippen molar-refractivity contribution in [1.82, 2.24) is 14.8 Å². The number of rotatable bonds is 4. The van der Waals surface area contributed by atoms with Gasteiger partial charge in [0.2, 0.25) is 0 Å². The predicted octanol–water partition coefficient (Wildman–Crippen LogP) is 4.16. The van der Waals surface area contributed by atoms with E-state index >= 15 is 0 Å². The molecule has 0 unspecified atom stereocenters. The zero-order valence-electron chi connectivity index (χ0n) is 16.3. The van der Waals surface area contributed by atoms with Crippen LogP contribution in [0.4, 0.5) is 0 Å². The van der Waals surface area contributed by atoms with Gasteiger partial charge in [0.25, 0.3) is 0 Å². The first kappa shape index (κ1) is 20.7. The van der Waals surface area contributed by atoms with Crippen molar-refractivity contribution in [3.05, 3.63) is 103 Å². The molecule has 0 aliphatic rings. The Labute approximate surface area is 197 Å². The number of halogens is 1. The number of fused-ring (bicyclic) bond motifs is 1. The van der Waals surface area contributed by atoms with Crippen molar-refractivity contribution in [2.45, 2.75) is 0 Å². The molecular formula is C23H13ClN4O2SSe. The number of thiazole rings is 1. The van der Waals surface area contributed by atoms with Crippen molar-refractivity contribution in [3.63, 3.8) is 0 Å². The molecule has 0 N–H and O–H groups in total.